The Morgan fingerprint density at radius 1 is 1.05 bits per heavy atom. The number of hydrogen-bond acceptors (Lipinski definition) is 2. The highest BCUT2D eigenvalue weighted by atomic mass is 19.1. The number of aryl methyl sites for hydroxylation is 1. The SMILES string of the molecule is COc1ccc(C)cc1CNCCc1cc(F)cc(F)c1. The zero-order valence-electron chi connectivity index (χ0n) is 12.2. The molecule has 21 heavy (non-hydrogen) atoms. The van der Waals surface area contributed by atoms with Crippen LogP contribution in [0.3, 0.4) is 0 Å². The van der Waals surface area contributed by atoms with Crippen LogP contribution < -0.4 is 10.1 Å². The highest BCUT2D eigenvalue weighted by Crippen LogP contribution is 2.19. The van der Waals surface area contributed by atoms with Crippen molar-refractivity contribution < 1.29 is 13.5 Å². The maximum absolute atomic E-state index is 13.1. The average molecular weight is 291 g/mol. The van der Waals surface area contributed by atoms with E-state index in [1.165, 1.54) is 17.7 Å². The monoisotopic (exact) mass is 291 g/mol. The first-order valence-corrected chi connectivity index (χ1v) is 6.87. The number of ether oxygens (including phenoxy) is 1. The Balaban J connectivity index is 1.88. The van der Waals surface area contributed by atoms with Crippen LogP contribution in [0.4, 0.5) is 8.78 Å². The summed E-state index contributed by atoms with van der Waals surface area (Å²) in [6, 6.07) is 9.60. The molecule has 0 radical (unpaired) electrons. The lowest BCUT2D eigenvalue weighted by Gasteiger charge is -2.11. The van der Waals surface area contributed by atoms with E-state index in [4.69, 9.17) is 4.74 Å². The minimum absolute atomic E-state index is 0.537. The smallest absolute Gasteiger partial charge is 0.126 e. The normalized spacial score (nSPS) is 10.7. The van der Waals surface area contributed by atoms with Gasteiger partial charge in [0, 0.05) is 18.2 Å². The number of benzene rings is 2. The van der Waals surface area contributed by atoms with E-state index in [-0.39, 0.29) is 0 Å². The van der Waals surface area contributed by atoms with Crippen molar-refractivity contribution in [2.75, 3.05) is 13.7 Å². The third kappa shape index (κ3) is 4.53. The van der Waals surface area contributed by atoms with Gasteiger partial charge in [-0.3, -0.25) is 0 Å². The molecule has 0 spiro atoms. The summed E-state index contributed by atoms with van der Waals surface area (Å²) < 4.78 is 31.4. The van der Waals surface area contributed by atoms with Crippen LogP contribution in [0.25, 0.3) is 0 Å². The molecule has 0 aliphatic heterocycles. The Kier molecular flexibility index (Phi) is 5.28. The van der Waals surface area contributed by atoms with Gasteiger partial charge in [0.05, 0.1) is 7.11 Å². The first-order chi connectivity index (χ1) is 10.1. The zero-order chi connectivity index (χ0) is 15.2. The molecule has 0 fully saturated rings. The van der Waals surface area contributed by atoms with Crippen LogP contribution in [0.15, 0.2) is 36.4 Å². The van der Waals surface area contributed by atoms with Gasteiger partial charge in [-0.1, -0.05) is 17.7 Å². The Morgan fingerprint density at radius 3 is 2.43 bits per heavy atom. The molecule has 2 aromatic rings. The van der Waals surface area contributed by atoms with Gasteiger partial charge < -0.3 is 10.1 Å². The predicted octanol–water partition coefficient (Wildman–Crippen LogP) is 3.61. The number of methoxy groups -OCH3 is 1. The molecule has 2 nitrogen and oxygen atoms in total. The second kappa shape index (κ2) is 7.18. The van der Waals surface area contributed by atoms with Crippen LogP contribution >= 0.6 is 0 Å². The topological polar surface area (TPSA) is 21.3 Å². The van der Waals surface area contributed by atoms with Crippen molar-refractivity contribution in [2.24, 2.45) is 0 Å². The van der Waals surface area contributed by atoms with Gasteiger partial charge in [0.2, 0.25) is 0 Å². The van der Waals surface area contributed by atoms with Crippen LogP contribution in [-0.2, 0) is 13.0 Å². The van der Waals surface area contributed by atoms with E-state index in [1.54, 1.807) is 7.11 Å². The fourth-order valence-electron chi connectivity index (χ4n) is 2.26. The summed E-state index contributed by atoms with van der Waals surface area (Å²) in [6.45, 7) is 3.32. The largest absolute Gasteiger partial charge is 0.496 e. The van der Waals surface area contributed by atoms with Crippen molar-refractivity contribution in [3.63, 3.8) is 0 Å². The first kappa shape index (κ1) is 15.4. The van der Waals surface area contributed by atoms with E-state index in [0.29, 0.717) is 25.1 Å². The maximum Gasteiger partial charge on any atom is 0.126 e. The molecule has 0 unspecified atom stereocenters. The average Bonchev–Trinajstić information content (AvgIpc) is 2.43. The van der Waals surface area contributed by atoms with Crippen LogP contribution in [0, 0.1) is 18.6 Å². The Labute approximate surface area is 123 Å². The lowest BCUT2D eigenvalue weighted by Crippen LogP contribution is -2.17. The van der Waals surface area contributed by atoms with Crippen molar-refractivity contribution in [3.8, 4) is 5.75 Å². The van der Waals surface area contributed by atoms with Gasteiger partial charge in [-0.25, -0.2) is 8.78 Å². The molecule has 0 amide bonds. The highest BCUT2D eigenvalue weighted by Gasteiger charge is 2.04. The van der Waals surface area contributed by atoms with Gasteiger partial charge in [-0.2, -0.15) is 0 Å². The van der Waals surface area contributed by atoms with E-state index in [2.05, 4.69) is 11.4 Å². The Morgan fingerprint density at radius 2 is 1.76 bits per heavy atom. The van der Waals surface area contributed by atoms with E-state index < -0.39 is 11.6 Å². The van der Waals surface area contributed by atoms with E-state index in [9.17, 15) is 8.78 Å². The van der Waals surface area contributed by atoms with Crippen molar-refractivity contribution in [3.05, 3.63) is 64.7 Å². The molecule has 1 N–H and O–H groups in total. The molecule has 0 saturated heterocycles. The summed E-state index contributed by atoms with van der Waals surface area (Å²) in [5.74, 6) is -0.236. The summed E-state index contributed by atoms with van der Waals surface area (Å²) in [5.41, 5.74) is 2.89. The number of nitrogens with one attached hydrogen (secondary N) is 1. The van der Waals surface area contributed by atoms with Gasteiger partial charge in [0.15, 0.2) is 0 Å². The molecule has 0 aliphatic rings. The molecule has 4 heteroatoms. The number of hydrogen-bond donors (Lipinski definition) is 1. The standard InChI is InChI=1S/C17H19F2NO/c1-12-3-4-17(21-2)14(7-12)11-20-6-5-13-8-15(18)10-16(19)9-13/h3-4,7-10,20H,5-6,11H2,1-2H3. The van der Waals surface area contributed by atoms with E-state index >= 15 is 0 Å². The van der Waals surface area contributed by atoms with Crippen molar-refractivity contribution in [1.29, 1.82) is 0 Å². The van der Waals surface area contributed by atoms with Crippen LogP contribution in [0.2, 0.25) is 0 Å². The molecule has 0 heterocycles. The molecular formula is C17H19F2NO. The molecule has 0 aliphatic carbocycles. The molecule has 2 aromatic carbocycles. The van der Waals surface area contributed by atoms with Crippen LogP contribution in [0.1, 0.15) is 16.7 Å². The summed E-state index contributed by atoms with van der Waals surface area (Å²) in [6.07, 6.45) is 0.572. The summed E-state index contributed by atoms with van der Waals surface area (Å²) in [4.78, 5) is 0. The van der Waals surface area contributed by atoms with Gasteiger partial charge in [-0.15, -0.1) is 0 Å². The number of halogens is 2. The highest BCUT2D eigenvalue weighted by molar-refractivity contribution is 5.36. The fraction of sp³-hybridized carbons (Fsp3) is 0.294. The van der Waals surface area contributed by atoms with Gasteiger partial charge >= 0.3 is 0 Å². The third-order valence-electron chi connectivity index (χ3n) is 3.26. The van der Waals surface area contributed by atoms with E-state index in [0.717, 1.165) is 17.4 Å². The Hall–Kier alpha value is -1.94. The quantitative estimate of drug-likeness (QED) is 0.821. The van der Waals surface area contributed by atoms with Crippen molar-refractivity contribution in [1.82, 2.24) is 5.32 Å². The molecular weight excluding hydrogens is 272 g/mol. The Bertz CT molecular complexity index is 593. The van der Waals surface area contributed by atoms with Crippen LogP contribution in [-0.4, -0.2) is 13.7 Å². The van der Waals surface area contributed by atoms with Gasteiger partial charge in [0.25, 0.3) is 0 Å². The first-order valence-electron chi connectivity index (χ1n) is 6.87. The zero-order valence-corrected chi connectivity index (χ0v) is 12.2. The second-order valence-corrected chi connectivity index (χ2v) is 5.02. The summed E-state index contributed by atoms with van der Waals surface area (Å²) in [7, 11) is 1.64. The molecule has 0 atom stereocenters. The predicted molar refractivity (Wildman–Crippen MR) is 79.5 cm³/mol. The molecule has 0 aromatic heterocycles. The summed E-state index contributed by atoms with van der Waals surface area (Å²) in [5, 5.41) is 3.27. The summed E-state index contributed by atoms with van der Waals surface area (Å²) >= 11 is 0. The fourth-order valence-corrected chi connectivity index (χ4v) is 2.26. The molecule has 2 rings (SSSR count). The minimum atomic E-state index is -0.537. The number of rotatable bonds is 6. The van der Waals surface area contributed by atoms with Gasteiger partial charge in [-0.05, 0) is 43.7 Å². The van der Waals surface area contributed by atoms with Crippen LogP contribution in [0.5, 0.6) is 5.75 Å². The molecule has 112 valence electrons. The lowest BCUT2D eigenvalue weighted by molar-refractivity contribution is 0.407. The molecule has 0 bridgehead atoms. The maximum atomic E-state index is 13.1. The van der Waals surface area contributed by atoms with Gasteiger partial charge in [0.1, 0.15) is 17.4 Å². The third-order valence-corrected chi connectivity index (χ3v) is 3.26. The lowest BCUT2D eigenvalue weighted by atomic mass is 10.1. The van der Waals surface area contributed by atoms with E-state index in [1.807, 2.05) is 19.1 Å². The second-order valence-electron chi connectivity index (χ2n) is 5.02. The molecule has 0 saturated carbocycles. The van der Waals surface area contributed by atoms with Crippen molar-refractivity contribution >= 4 is 0 Å². The minimum Gasteiger partial charge on any atom is -0.496 e. The van der Waals surface area contributed by atoms with Crippen molar-refractivity contribution in [2.45, 2.75) is 19.9 Å².